The third-order valence-corrected chi connectivity index (χ3v) is 3.77. The number of rotatable bonds is 6. The van der Waals surface area contributed by atoms with Crippen LogP contribution >= 0.6 is 0 Å². The predicted octanol–water partition coefficient (Wildman–Crippen LogP) is 2.96. The van der Waals surface area contributed by atoms with Gasteiger partial charge in [0.15, 0.2) is 0 Å². The van der Waals surface area contributed by atoms with Gasteiger partial charge in [-0.2, -0.15) is 0 Å². The van der Waals surface area contributed by atoms with Crippen LogP contribution in [-0.4, -0.2) is 17.2 Å². The molecule has 2 nitrogen and oxygen atoms in total. The number of para-hydroxylation sites is 1. The molecule has 0 bridgehead atoms. The average Bonchev–Trinajstić information content (AvgIpc) is 3.20. The number of hydrogen-bond acceptors (Lipinski definition) is 1. The molecule has 1 heterocycles. The Kier molecular flexibility index (Phi) is 3.57. The fraction of sp³-hybridized carbons (Fsp3) is 0.412. The molecule has 1 saturated carbocycles. The van der Waals surface area contributed by atoms with Gasteiger partial charge in [0.05, 0.1) is 6.54 Å². The van der Waals surface area contributed by atoms with E-state index in [2.05, 4.69) is 46.3 Å². The van der Waals surface area contributed by atoms with Gasteiger partial charge in [0.1, 0.15) is 0 Å². The van der Waals surface area contributed by atoms with E-state index in [0.717, 1.165) is 19.0 Å². The zero-order valence-corrected chi connectivity index (χ0v) is 11.2. The summed E-state index contributed by atoms with van der Waals surface area (Å²) in [7, 11) is 0. The molecule has 0 aliphatic heterocycles. The standard InChI is InChI=1S/C17H20N2/c1-2-12-19-13-14(6-5-11-18-15-9-10-15)16-7-3-4-8-17(16)19/h1,3-4,7-8,13,15,18H,5-6,9-12H2. The summed E-state index contributed by atoms with van der Waals surface area (Å²) in [6, 6.07) is 9.34. The largest absolute Gasteiger partial charge is 0.336 e. The molecule has 1 N–H and O–H groups in total. The van der Waals surface area contributed by atoms with Gasteiger partial charge in [-0.15, -0.1) is 6.42 Å². The molecule has 1 aromatic carbocycles. The molecule has 2 heteroatoms. The van der Waals surface area contributed by atoms with Crippen molar-refractivity contribution >= 4 is 10.9 Å². The van der Waals surface area contributed by atoms with Crippen molar-refractivity contribution in [2.45, 2.75) is 38.3 Å². The molecule has 2 aromatic rings. The lowest BCUT2D eigenvalue weighted by Gasteiger charge is -2.01. The van der Waals surface area contributed by atoms with Crippen LogP contribution in [0.15, 0.2) is 30.5 Å². The first kappa shape index (κ1) is 12.3. The second-order valence-electron chi connectivity index (χ2n) is 5.34. The Morgan fingerprint density at radius 3 is 2.95 bits per heavy atom. The number of nitrogens with one attached hydrogen (secondary N) is 1. The second kappa shape index (κ2) is 5.50. The van der Waals surface area contributed by atoms with Gasteiger partial charge in [-0.05, 0) is 43.9 Å². The number of nitrogens with zero attached hydrogens (tertiary/aromatic N) is 1. The van der Waals surface area contributed by atoms with E-state index in [1.165, 1.54) is 35.7 Å². The van der Waals surface area contributed by atoms with Gasteiger partial charge in [-0.1, -0.05) is 24.1 Å². The number of hydrogen-bond donors (Lipinski definition) is 1. The Hall–Kier alpha value is -1.72. The topological polar surface area (TPSA) is 17.0 Å². The van der Waals surface area contributed by atoms with E-state index in [9.17, 15) is 0 Å². The summed E-state index contributed by atoms with van der Waals surface area (Å²) in [4.78, 5) is 0. The van der Waals surface area contributed by atoms with Crippen LogP contribution in [0.5, 0.6) is 0 Å². The summed E-state index contributed by atoms with van der Waals surface area (Å²) < 4.78 is 2.18. The minimum absolute atomic E-state index is 0.654. The monoisotopic (exact) mass is 252 g/mol. The number of aryl methyl sites for hydroxylation is 1. The van der Waals surface area contributed by atoms with E-state index in [4.69, 9.17) is 6.42 Å². The van der Waals surface area contributed by atoms with E-state index < -0.39 is 0 Å². The van der Waals surface area contributed by atoms with Crippen LogP contribution in [-0.2, 0) is 13.0 Å². The fourth-order valence-corrected chi connectivity index (χ4v) is 2.62. The average molecular weight is 252 g/mol. The molecule has 1 fully saturated rings. The highest BCUT2D eigenvalue weighted by Crippen LogP contribution is 2.23. The van der Waals surface area contributed by atoms with E-state index in [0.29, 0.717) is 6.54 Å². The maximum Gasteiger partial charge on any atom is 0.0835 e. The SMILES string of the molecule is C#CCn1cc(CCCNC2CC2)c2ccccc21. The normalized spacial score (nSPS) is 14.7. The van der Waals surface area contributed by atoms with Crippen LogP contribution in [0, 0.1) is 12.3 Å². The first-order valence-electron chi connectivity index (χ1n) is 7.12. The third kappa shape index (κ3) is 2.83. The fourth-order valence-electron chi connectivity index (χ4n) is 2.62. The molecule has 0 atom stereocenters. The molecule has 0 unspecified atom stereocenters. The van der Waals surface area contributed by atoms with Gasteiger partial charge in [0.25, 0.3) is 0 Å². The Bertz CT molecular complexity index is 599. The maximum absolute atomic E-state index is 5.44. The van der Waals surface area contributed by atoms with Crippen molar-refractivity contribution in [2.75, 3.05) is 6.54 Å². The molecule has 0 amide bonds. The summed E-state index contributed by atoms with van der Waals surface area (Å²) in [5, 5.41) is 4.92. The van der Waals surface area contributed by atoms with Gasteiger partial charge < -0.3 is 9.88 Å². The van der Waals surface area contributed by atoms with Gasteiger partial charge in [-0.3, -0.25) is 0 Å². The third-order valence-electron chi connectivity index (χ3n) is 3.77. The van der Waals surface area contributed by atoms with E-state index in [-0.39, 0.29) is 0 Å². The lowest BCUT2D eigenvalue weighted by atomic mass is 10.1. The number of terminal acetylenes is 1. The summed E-state index contributed by atoms with van der Waals surface area (Å²) >= 11 is 0. The highest BCUT2D eigenvalue weighted by atomic mass is 15.0. The van der Waals surface area contributed by atoms with E-state index in [1.54, 1.807) is 0 Å². The maximum atomic E-state index is 5.44. The predicted molar refractivity (Wildman–Crippen MR) is 80.1 cm³/mol. The van der Waals surface area contributed by atoms with Gasteiger partial charge in [0, 0.05) is 23.1 Å². The van der Waals surface area contributed by atoms with Crippen LogP contribution in [0.2, 0.25) is 0 Å². The molecule has 0 saturated heterocycles. The van der Waals surface area contributed by atoms with Crippen molar-refractivity contribution in [3.63, 3.8) is 0 Å². The van der Waals surface area contributed by atoms with Crippen molar-refractivity contribution in [1.82, 2.24) is 9.88 Å². The summed E-state index contributed by atoms with van der Waals surface area (Å²) in [6.07, 6.45) is 12.7. The van der Waals surface area contributed by atoms with Crippen molar-refractivity contribution in [3.05, 3.63) is 36.0 Å². The van der Waals surface area contributed by atoms with E-state index in [1.807, 2.05) is 0 Å². The minimum Gasteiger partial charge on any atom is -0.336 e. The minimum atomic E-state index is 0.654. The zero-order chi connectivity index (χ0) is 13.1. The first-order chi connectivity index (χ1) is 9.38. The van der Waals surface area contributed by atoms with Crippen LogP contribution in [0.25, 0.3) is 10.9 Å². The van der Waals surface area contributed by atoms with Crippen LogP contribution in [0.4, 0.5) is 0 Å². The lowest BCUT2D eigenvalue weighted by Crippen LogP contribution is -2.17. The van der Waals surface area contributed by atoms with Crippen molar-refractivity contribution in [1.29, 1.82) is 0 Å². The molecule has 0 radical (unpaired) electrons. The molecule has 0 spiro atoms. The van der Waals surface area contributed by atoms with E-state index >= 15 is 0 Å². The van der Waals surface area contributed by atoms with Crippen LogP contribution < -0.4 is 5.32 Å². The van der Waals surface area contributed by atoms with Gasteiger partial charge in [-0.25, -0.2) is 0 Å². The van der Waals surface area contributed by atoms with Crippen LogP contribution in [0.3, 0.4) is 0 Å². The molecule has 1 aliphatic rings. The van der Waals surface area contributed by atoms with Crippen LogP contribution in [0.1, 0.15) is 24.8 Å². The van der Waals surface area contributed by atoms with Crippen molar-refractivity contribution in [3.8, 4) is 12.3 Å². The summed E-state index contributed by atoms with van der Waals surface area (Å²) in [5.74, 6) is 2.73. The van der Waals surface area contributed by atoms with Gasteiger partial charge in [0.2, 0.25) is 0 Å². The van der Waals surface area contributed by atoms with Crippen molar-refractivity contribution < 1.29 is 0 Å². The number of fused-ring (bicyclic) bond motifs is 1. The second-order valence-corrected chi connectivity index (χ2v) is 5.34. The summed E-state index contributed by atoms with van der Waals surface area (Å²) in [5.41, 5.74) is 2.68. The Morgan fingerprint density at radius 1 is 1.32 bits per heavy atom. The quantitative estimate of drug-likeness (QED) is 0.618. The number of aromatic nitrogens is 1. The van der Waals surface area contributed by atoms with Crippen molar-refractivity contribution in [2.24, 2.45) is 0 Å². The molecule has 19 heavy (non-hydrogen) atoms. The smallest absolute Gasteiger partial charge is 0.0835 e. The van der Waals surface area contributed by atoms with Gasteiger partial charge >= 0.3 is 0 Å². The Morgan fingerprint density at radius 2 is 2.16 bits per heavy atom. The molecular weight excluding hydrogens is 232 g/mol. The number of benzene rings is 1. The highest BCUT2D eigenvalue weighted by molar-refractivity contribution is 5.84. The Balaban J connectivity index is 1.72. The highest BCUT2D eigenvalue weighted by Gasteiger charge is 2.19. The zero-order valence-electron chi connectivity index (χ0n) is 11.2. The molecule has 1 aliphatic carbocycles. The molecule has 98 valence electrons. The molecular formula is C17H20N2. The Labute approximate surface area is 114 Å². The molecule has 1 aromatic heterocycles. The first-order valence-corrected chi connectivity index (χ1v) is 7.12. The lowest BCUT2D eigenvalue weighted by molar-refractivity contribution is 0.646. The molecule has 3 rings (SSSR count). The summed E-state index contributed by atoms with van der Waals surface area (Å²) in [6.45, 7) is 1.78.